The molecule has 0 saturated carbocycles. The van der Waals surface area contributed by atoms with Crippen LogP contribution in [0.15, 0.2) is 42.6 Å². The molecule has 2 amide bonds. The number of pyridine rings is 1. The topological polar surface area (TPSA) is 62.3 Å². The molecule has 0 radical (unpaired) electrons. The highest BCUT2D eigenvalue weighted by Gasteiger charge is 2.27. The maximum atomic E-state index is 12.5. The number of rotatable bonds is 5. The molecule has 2 aromatic rings. The monoisotopic (exact) mass is 365 g/mol. The second-order valence-corrected chi connectivity index (χ2v) is 7.35. The highest BCUT2D eigenvalue weighted by molar-refractivity contribution is 5.91. The third kappa shape index (κ3) is 5.39. The first-order valence-corrected chi connectivity index (χ1v) is 9.58. The fourth-order valence-electron chi connectivity index (χ4n) is 3.33. The van der Waals surface area contributed by atoms with Crippen molar-refractivity contribution in [1.29, 1.82) is 0 Å². The lowest BCUT2D eigenvalue weighted by atomic mass is 9.95. The van der Waals surface area contributed by atoms with Crippen LogP contribution in [-0.4, -0.2) is 34.8 Å². The number of amides is 2. The summed E-state index contributed by atoms with van der Waals surface area (Å²) in [7, 11) is 0. The number of carbonyl (C=O) groups is 2. The van der Waals surface area contributed by atoms with Crippen molar-refractivity contribution in [2.24, 2.45) is 5.92 Å². The first kappa shape index (κ1) is 19.1. The van der Waals surface area contributed by atoms with Gasteiger partial charge < -0.3 is 10.2 Å². The van der Waals surface area contributed by atoms with Crippen LogP contribution in [-0.2, 0) is 16.0 Å². The van der Waals surface area contributed by atoms with E-state index >= 15 is 0 Å². The van der Waals surface area contributed by atoms with Crippen molar-refractivity contribution in [1.82, 2.24) is 9.88 Å². The van der Waals surface area contributed by atoms with Crippen molar-refractivity contribution in [3.63, 3.8) is 0 Å². The van der Waals surface area contributed by atoms with Crippen molar-refractivity contribution in [2.75, 3.05) is 18.4 Å². The number of aromatic nitrogens is 1. The summed E-state index contributed by atoms with van der Waals surface area (Å²) < 4.78 is 0. The number of aryl methyl sites for hydroxylation is 3. The van der Waals surface area contributed by atoms with Gasteiger partial charge in [0.05, 0.1) is 0 Å². The Morgan fingerprint density at radius 2 is 1.70 bits per heavy atom. The summed E-state index contributed by atoms with van der Waals surface area (Å²) in [5, 5.41) is 2.88. The first-order valence-electron chi connectivity index (χ1n) is 9.58. The minimum Gasteiger partial charge on any atom is -0.343 e. The van der Waals surface area contributed by atoms with E-state index in [1.807, 2.05) is 24.0 Å². The molecule has 1 saturated heterocycles. The summed E-state index contributed by atoms with van der Waals surface area (Å²) in [6.07, 6.45) is 4.43. The van der Waals surface area contributed by atoms with Crippen LogP contribution in [0.4, 0.5) is 5.82 Å². The van der Waals surface area contributed by atoms with E-state index in [2.05, 4.69) is 41.5 Å². The number of piperidine rings is 1. The van der Waals surface area contributed by atoms with Gasteiger partial charge in [-0.2, -0.15) is 0 Å². The maximum absolute atomic E-state index is 12.5. The van der Waals surface area contributed by atoms with Crippen LogP contribution in [0, 0.1) is 19.8 Å². The van der Waals surface area contributed by atoms with Gasteiger partial charge in [-0.25, -0.2) is 4.98 Å². The van der Waals surface area contributed by atoms with E-state index in [0.29, 0.717) is 38.2 Å². The molecular formula is C22H27N3O2. The summed E-state index contributed by atoms with van der Waals surface area (Å²) in [6.45, 7) is 5.31. The van der Waals surface area contributed by atoms with E-state index in [0.717, 1.165) is 12.0 Å². The average molecular weight is 365 g/mol. The summed E-state index contributed by atoms with van der Waals surface area (Å²) >= 11 is 0. The van der Waals surface area contributed by atoms with E-state index in [4.69, 9.17) is 0 Å². The highest BCUT2D eigenvalue weighted by atomic mass is 16.2. The van der Waals surface area contributed by atoms with Crippen LogP contribution < -0.4 is 5.32 Å². The molecule has 0 unspecified atom stereocenters. The number of hydrogen-bond donors (Lipinski definition) is 1. The Morgan fingerprint density at radius 1 is 1.04 bits per heavy atom. The van der Waals surface area contributed by atoms with Crippen molar-refractivity contribution in [2.45, 2.75) is 39.5 Å². The number of likely N-dealkylation sites (tertiary alicyclic amines) is 1. The quantitative estimate of drug-likeness (QED) is 0.882. The van der Waals surface area contributed by atoms with Gasteiger partial charge in [0, 0.05) is 31.6 Å². The molecule has 0 bridgehead atoms. The number of benzene rings is 1. The predicted octanol–water partition coefficient (Wildman–Crippen LogP) is 3.51. The molecule has 1 aliphatic heterocycles. The van der Waals surface area contributed by atoms with Gasteiger partial charge in [-0.15, -0.1) is 0 Å². The molecule has 1 fully saturated rings. The minimum absolute atomic E-state index is 0.00175. The Balaban J connectivity index is 1.43. The third-order valence-corrected chi connectivity index (χ3v) is 5.13. The molecule has 0 aliphatic carbocycles. The zero-order chi connectivity index (χ0) is 19.2. The van der Waals surface area contributed by atoms with Crippen LogP contribution in [0.5, 0.6) is 0 Å². The van der Waals surface area contributed by atoms with Crippen molar-refractivity contribution < 1.29 is 9.59 Å². The van der Waals surface area contributed by atoms with Crippen LogP contribution in [0.1, 0.15) is 36.0 Å². The van der Waals surface area contributed by atoms with E-state index in [-0.39, 0.29) is 17.7 Å². The average Bonchev–Trinajstić information content (AvgIpc) is 2.69. The molecule has 1 aliphatic rings. The van der Waals surface area contributed by atoms with Crippen molar-refractivity contribution in [3.8, 4) is 0 Å². The molecule has 1 aromatic heterocycles. The summed E-state index contributed by atoms with van der Waals surface area (Å²) in [5.41, 5.74) is 3.48. The van der Waals surface area contributed by atoms with E-state index in [1.165, 1.54) is 11.1 Å². The number of anilines is 1. The molecule has 1 N–H and O–H groups in total. The minimum atomic E-state index is -0.0609. The molecule has 0 atom stereocenters. The maximum Gasteiger partial charge on any atom is 0.228 e. The molecule has 1 aromatic carbocycles. The molecule has 27 heavy (non-hydrogen) atoms. The molecule has 3 rings (SSSR count). The fourth-order valence-corrected chi connectivity index (χ4v) is 3.33. The van der Waals surface area contributed by atoms with Gasteiger partial charge in [-0.1, -0.05) is 35.9 Å². The van der Waals surface area contributed by atoms with Crippen LogP contribution >= 0.6 is 0 Å². The molecule has 0 spiro atoms. The summed E-state index contributed by atoms with van der Waals surface area (Å²) in [4.78, 5) is 31.0. The van der Waals surface area contributed by atoms with E-state index in [9.17, 15) is 9.59 Å². The van der Waals surface area contributed by atoms with Gasteiger partial charge >= 0.3 is 0 Å². The second-order valence-electron chi connectivity index (χ2n) is 7.35. The Hall–Kier alpha value is -2.69. The third-order valence-electron chi connectivity index (χ3n) is 5.13. The fraction of sp³-hybridized carbons (Fsp3) is 0.409. The summed E-state index contributed by atoms with van der Waals surface area (Å²) in [5.74, 6) is 0.698. The van der Waals surface area contributed by atoms with Gasteiger partial charge in [0.25, 0.3) is 0 Å². The smallest absolute Gasteiger partial charge is 0.228 e. The Kier molecular flexibility index (Phi) is 6.22. The lowest BCUT2D eigenvalue weighted by molar-refractivity contribution is -0.134. The van der Waals surface area contributed by atoms with Gasteiger partial charge in [0.2, 0.25) is 11.8 Å². The number of carbonyl (C=O) groups excluding carboxylic acids is 2. The molecule has 5 heteroatoms. The molecule has 5 nitrogen and oxygen atoms in total. The Morgan fingerprint density at radius 3 is 2.33 bits per heavy atom. The van der Waals surface area contributed by atoms with Crippen molar-refractivity contribution >= 4 is 17.6 Å². The first-order chi connectivity index (χ1) is 13.0. The van der Waals surface area contributed by atoms with Crippen LogP contribution in [0.25, 0.3) is 0 Å². The molecular weight excluding hydrogens is 338 g/mol. The lowest BCUT2D eigenvalue weighted by Gasteiger charge is -2.31. The Labute approximate surface area is 160 Å². The zero-order valence-electron chi connectivity index (χ0n) is 16.1. The van der Waals surface area contributed by atoms with Crippen molar-refractivity contribution in [3.05, 3.63) is 59.3 Å². The van der Waals surface area contributed by atoms with Gasteiger partial charge in [-0.3, -0.25) is 9.59 Å². The highest BCUT2D eigenvalue weighted by Crippen LogP contribution is 2.20. The number of nitrogens with zero attached hydrogens (tertiary/aromatic N) is 2. The zero-order valence-corrected chi connectivity index (χ0v) is 16.1. The van der Waals surface area contributed by atoms with Gasteiger partial charge in [0.15, 0.2) is 0 Å². The van der Waals surface area contributed by atoms with Gasteiger partial charge in [0.1, 0.15) is 5.82 Å². The van der Waals surface area contributed by atoms with E-state index in [1.54, 1.807) is 6.20 Å². The lowest BCUT2D eigenvalue weighted by Crippen LogP contribution is -2.41. The molecule has 142 valence electrons. The van der Waals surface area contributed by atoms with Gasteiger partial charge in [-0.05, 0) is 50.3 Å². The normalized spacial score (nSPS) is 14.8. The summed E-state index contributed by atoms with van der Waals surface area (Å²) in [6, 6.07) is 12.1. The number of hydrogen-bond acceptors (Lipinski definition) is 3. The Bertz CT molecular complexity index is 776. The second kappa shape index (κ2) is 8.80. The van der Waals surface area contributed by atoms with Crippen LogP contribution in [0.2, 0.25) is 0 Å². The largest absolute Gasteiger partial charge is 0.343 e. The SMILES string of the molecule is Cc1ccc(CCC(=O)N2CCC(C(=O)Nc3ccc(C)cn3)CC2)cc1. The standard InChI is InChI=1S/C22H27N3O2/c1-16-3-6-18(7-4-16)8-10-21(26)25-13-11-19(12-14-25)22(27)24-20-9-5-17(2)15-23-20/h3-7,9,15,19H,8,10-14H2,1-2H3,(H,23,24,27). The van der Waals surface area contributed by atoms with E-state index < -0.39 is 0 Å². The van der Waals surface area contributed by atoms with Crippen LogP contribution in [0.3, 0.4) is 0 Å². The molecule has 2 heterocycles. The predicted molar refractivity (Wildman–Crippen MR) is 106 cm³/mol. The number of nitrogens with one attached hydrogen (secondary N) is 1.